The Bertz CT molecular complexity index is 1180. The maximum Gasteiger partial charge on any atom is 0.343 e. The standard InChI is InChI=1S/C25H22ClN3O5/c1-2-33-19-13-9-18(10-14-19)25(32)34-20-11-7-17(8-12-20)15-28-29-23(30)16-27-24(31)21-5-3-4-6-22(21)26/h3-15H,2,16H2,1H3,(H,27,31)(H,29,30). The normalized spacial score (nSPS) is 10.5. The maximum atomic E-state index is 12.3. The number of hydrogen-bond donors (Lipinski definition) is 2. The molecule has 8 nitrogen and oxygen atoms in total. The van der Waals surface area contributed by atoms with E-state index in [2.05, 4.69) is 15.8 Å². The van der Waals surface area contributed by atoms with Crippen LogP contribution in [0.3, 0.4) is 0 Å². The van der Waals surface area contributed by atoms with Crippen LogP contribution in [0.25, 0.3) is 0 Å². The molecule has 0 aliphatic carbocycles. The number of nitrogens with zero attached hydrogens (tertiary/aromatic N) is 1. The monoisotopic (exact) mass is 479 g/mol. The van der Waals surface area contributed by atoms with Crippen LogP contribution in [-0.2, 0) is 4.79 Å². The molecule has 0 aliphatic rings. The van der Waals surface area contributed by atoms with E-state index < -0.39 is 17.8 Å². The van der Waals surface area contributed by atoms with Gasteiger partial charge in [0.25, 0.3) is 11.8 Å². The van der Waals surface area contributed by atoms with Crippen LogP contribution in [0.5, 0.6) is 11.5 Å². The maximum absolute atomic E-state index is 12.3. The topological polar surface area (TPSA) is 106 Å². The van der Waals surface area contributed by atoms with Gasteiger partial charge >= 0.3 is 5.97 Å². The highest BCUT2D eigenvalue weighted by Crippen LogP contribution is 2.17. The Morgan fingerprint density at radius 3 is 2.29 bits per heavy atom. The molecule has 0 spiro atoms. The zero-order valence-electron chi connectivity index (χ0n) is 18.3. The molecular weight excluding hydrogens is 458 g/mol. The van der Waals surface area contributed by atoms with Crippen molar-refractivity contribution in [1.29, 1.82) is 0 Å². The Labute approximate surface area is 201 Å². The Morgan fingerprint density at radius 2 is 1.62 bits per heavy atom. The molecule has 3 aromatic rings. The predicted octanol–water partition coefficient (Wildman–Crippen LogP) is 3.84. The van der Waals surface area contributed by atoms with Crippen molar-refractivity contribution in [3.05, 3.63) is 94.5 Å². The minimum Gasteiger partial charge on any atom is -0.494 e. The number of benzene rings is 3. The number of carbonyl (C=O) groups is 3. The van der Waals surface area contributed by atoms with Crippen molar-refractivity contribution in [2.45, 2.75) is 6.92 Å². The van der Waals surface area contributed by atoms with Crippen molar-refractivity contribution >= 4 is 35.6 Å². The molecular formula is C25H22ClN3O5. The van der Waals surface area contributed by atoms with Gasteiger partial charge in [-0.15, -0.1) is 0 Å². The zero-order chi connectivity index (χ0) is 24.3. The van der Waals surface area contributed by atoms with Crippen molar-refractivity contribution in [2.24, 2.45) is 5.10 Å². The van der Waals surface area contributed by atoms with Crippen LogP contribution in [0.15, 0.2) is 77.9 Å². The van der Waals surface area contributed by atoms with E-state index in [9.17, 15) is 14.4 Å². The lowest BCUT2D eigenvalue weighted by Gasteiger charge is -2.06. The van der Waals surface area contributed by atoms with Gasteiger partial charge in [-0.1, -0.05) is 23.7 Å². The highest BCUT2D eigenvalue weighted by molar-refractivity contribution is 6.33. The third-order valence-corrected chi connectivity index (χ3v) is 4.75. The number of rotatable bonds is 9. The van der Waals surface area contributed by atoms with Crippen LogP contribution in [0.1, 0.15) is 33.2 Å². The van der Waals surface area contributed by atoms with Crippen molar-refractivity contribution in [3.8, 4) is 11.5 Å². The largest absolute Gasteiger partial charge is 0.494 e. The van der Waals surface area contributed by atoms with E-state index in [4.69, 9.17) is 21.1 Å². The van der Waals surface area contributed by atoms with Gasteiger partial charge in [-0.05, 0) is 73.2 Å². The molecule has 0 saturated carbocycles. The average Bonchev–Trinajstić information content (AvgIpc) is 2.84. The van der Waals surface area contributed by atoms with Crippen LogP contribution in [0, 0.1) is 0 Å². The van der Waals surface area contributed by atoms with E-state index in [1.54, 1.807) is 72.8 Å². The predicted molar refractivity (Wildman–Crippen MR) is 129 cm³/mol. The Kier molecular flexibility index (Phi) is 8.76. The van der Waals surface area contributed by atoms with Gasteiger partial charge in [0.1, 0.15) is 11.5 Å². The van der Waals surface area contributed by atoms with E-state index in [0.717, 1.165) is 0 Å². The zero-order valence-corrected chi connectivity index (χ0v) is 19.0. The summed E-state index contributed by atoms with van der Waals surface area (Å²) in [5, 5.41) is 6.62. The van der Waals surface area contributed by atoms with Crippen LogP contribution >= 0.6 is 11.6 Å². The molecule has 0 saturated heterocycles. The van der Waals surface area contributed by atoms with E-state index >= 15 is 0 Å². The fourth-order valence-corrected chi connectivity index (χ4v) is 2.98. The molecule has 2 N–H and O–H groups in total. The summed E-state index contributed by atoms with van der Waals surface area (Å²) in [6.45, 7) is 2.17. The van der Waals surface area contributed by atoms with Crippen molar-refractivity contribution in [2.75, 3.05) is 13.2 Å². The number of nitrogens with one attached hydrogen (secondary N) is 2. The molecule has 0 heterocycles. The summed E-state index contributed by atoms with van der Waals surface area (Å²) in [7, 11) is 0. The van der Waals surface area contributed by atoms with E-state index in [0.29, 0.717) is 34.3 Å². The van der Waals surface area contributed by atoms with E-state index in [1.165, 1.54) is 6.21 Å². The second-order valence-corrected chi connectivity index (χ2v) is 7.28. The number of hydrogen-bond acceptors (Lipinski definition) is 6. The van der Waals surface area contributed by atoms with Gasteiger partial charge in [0.15, 0.2) is 0 Å². The summed E-state index contributed by atoms with van der Waals surface area (Å²) < 4.78 is 10.7. The molecule has 2 amide bonds. The van der Waals surface area contributed by atoms with Crippen LogP contribution in [-0.4, -0.2) is 37.1 Å². The quantitative estimate of drug-likeness (QED) is 0.210. The summed E-state index contributed by atoms with van der Waals surface area (Å²) >= 11 is 5.95. The molecule has 3 aromatic carbocycles. The highest BCUT2D eigenvalue weighted by atomic mass is 35.5. The first-order chi connectivity index (χ1) is 16.5. The molecule has 34 heavy (non-hydrogen) atoms. The number of halogens is 1. The Morgan fingerprint density at radius 1 is 0.941 bits per heavy atom. The molecule has 0 aromatic heterocycles. The summed E-state index contributed by atoms with van der Waals surface area (Å²) in [6, 6.07) is 19.8. The number of carbonyl (C=O) groups excluding carboxylic acids is 3. The van der Waals surface area contributed by atoms with Gasteiger partial charge in [0.05, 0.1) is 35.5 Å². The Hall–Kier alpha value is -4.17. The molecule has 0 radical (unpaired) electrons. The lowest BCUT2D eigenvalue weighted by atomic mass is 10.2. The molecule has 0 bridgehead atoms. The SMILES string of the molecule is CCOc1ccc(C(=O)Oc2ccc(C=NNC(=O)CNC(=O)c3ccccc3Cl)cc2)cc1. The molecule has 0 fully saturated rings. The van der Waals surface area contributed by atoms with Crippen LogP contribution in [0.4, 0.5) is 0 Å². The van der Waals surface area contributed by atoms with Gasteiger partial charge < -0.3 is 14.8 Å². The highest BCUT2D eigenvalue weighted by Gasteiger charge is 2.11. The fraction of sp³-hybridized carbons (Fsp3) is 0.120. The van der Waals surface area contributed by atoms with Gasteiger partial charge in [0.2, 0.25) is 0 Å². The minimum atomic E-state index is -0.502. The molecule has 0 aliphatic heterocycles. The summed E-state index contributed by atoms with van der Waals surface area (Å²) in [6.07, 6.45) is 1.42. The first kappa shape index (κ1) is 24.5. The van der Waals surface area contributed by atoms with Crippen molar-refractivity contribution in [3.63, 3.8) is 0 Å². The lowest BCUT2D eigenvalue weighted by Crippen LogP contribution is -2.35. The van der Waals surface area contributed by atoms with Gasteiger partial charge in [-0.3, -0.25) is 9.59 Å². The minimum absolute atomic E-state index is 0.262. The van der Waals surface area contributed by atoms with Gasteiger partial charge in [-0.2, -0.15) is 5.10 Å². The average molecular weight is 480 g/mol. The van der Waals surface area contributed by atoms with E-state index in [1.807, 2.05) is 6.92 Å². The fourth-order valence-electron chi connectivity index (χ4n) is 2.76. The number of amides is 2. The van der Waals surface area contributed by atoms with Crippen LogP contribution in [0.2, 0.25) is 5.02 Å². The summed E-state index contributed by atoms with van der Waals surface area (Å²) in [5.74, 6) is -0.409. The Balaban J connectivity index is 1.45. The summed E-state index contributed by atoms with van der Waals surface area (Å²) in [4.78, 5) is 36.2. The van der Waals surface area contributed by atoms with Crippen molar-refractivity contribution < 1.29 is 23.9 Å². The van der Waals surface area contributed by atoms with Crippen molar-refractivity contribution in [1.82, 2.24) is 10.7 Å². The smallest absolute Gasteiger partial charge is 0.343 e. The molecule has 3 rings (SSSR count). The number of hydrazone groups is 1. The molecule has 0 atom stereocenters. The summed E-state index contributed by atoms with van der Waals surface area (Å²) in [5.41, 5.74) is 3.67. The molecule has 174 valence electrons. The van der Waals surface area contributed by atoms with Gasteiger partial charge in [0, 0.05) is 0 Å². The third-order valence-electron chi connectivity index (χ3n) is 4.42. The number of ether oxygens (including phenoxy) is 2. The first-order valence-corrected chi connectivity index (χ1v) is 10.7. The second-order valence-electron chi connectivity index (χ2n) is 6.87. The first-order valence-electron chi connectivity index (χ1n) is 10.4. The number of esters is 1. The third kappa shape index (κ3) is 7.18. The van der Waals surface area contributed by atoms with E-state index in [-0.39, 0.29) is 12.1 Å². The molecule has 9 heteroatoms. The van der Waals surface area contributed by atoms with Gasteiger partial charge in [-0.25, -0.2) is 10.2 Å². The second kappa shape index (κ2) is 12.2. The molecule has 0 unspecified atom stereocenters. The van der Waals surface area contributed by atoms with Crippen LogP contribution < -0.4 is 20.2 Å². The lowest BCUT2D eigenvalue weighted by molar-refractivity contribution is -0.120.